The van der Waals surface area contributed by atoms with Gasteiger partial charge in [0.15, 0.2) is 0 Å². The van der Waals surface area contributed by atoms with Gasteiger partial charge in [0.05, 0.1) is 23.0 Å². The Morgan fingerprint density at radius 2 is 2.00 bits per heavy atom. The van der Waals surface area contributed by atoms with Gasteiger partial charge in [0.25, 0.3) is 0 Å². The van der Waals surface area contributed by atoms with Crippen LogP contribution in [-0.4, -0.2) is 7.11 Å². The van der Waals surface area contributed by atoms with Gasteiger partial charge in [0, 0.05) is 11.8 Å². The summed E-state index contributed by atoms with van der Waals surface area (Å²) in [6.45, 7) is 0. The first-order chi connectivity index (χ1) is 8.60. The smallest absolute Gasteiger partial charge is 0.137 e. The third-order valence-electron chi connectivity index (χ3n) is 2.46. The lowest BCUT2D eigenvalue weighted by atomic mass is 10.2. The van der Waals surface area contributed by atoms with Crippen molar-refractivity contribution in [2.75, 3.05) is 18.2 Å². The maximum atomic E-state index is 13.1. The molecule has 0 amide bonds. The van der Waals surface area contributed by atoms with Crippen molar-refractivity contribution in [3.8, 4) is 5.75 Å². The largest absolute Gasteiger partial charge is 0.497 e. The van der Waals surface area contributed by atoms with Crippen LogP contribution < -0.4 is 15.8 Å². The summed E-state index contributed by atoms with van der Waals surface area (Å²) in [7, 11) is 1.59. The van der Waals surface area contributed by atoms with Crippen molar-refractivity contribution in [3.05, 3.63) is 46.7 Å². The summed E-state index contributed by atoms with van der Waals surface area (Å²) in [5.74, 6) is 0.395. The SMILES string of the molecule is COc1ccc(N)c(Nc2ccc(F)c(Br)c2)c1. The van der Waals surface area contributed by atoms with Gasteiger partial charge in [-0.2, -0.15) is 0 Å². The van der Waals surface area contributed by atoms with Crippen LogP contribution in [-0.2, 0) is 0 Å². The first kappa shape index (κ1) is 12.7. The normalized spacial score (nSPS) is 10.2. The number of nitrogens with one attached hydrogen (secondary N) is 1. The molecule has 0 aliphatic carbocycles. The van der Waals surface area contributed by atoms with Crippen LogP contribution in [0.4, 0.5) is 21.5 Å². The molecule has 0 aromatic heterocycles. The molecule has 0 aliphatic rings. The van der Waals surface area contributed by atoms with E-state index in [2.05, 4.69) is 21.2 Å². The second kappa shape index (κ2) is 5.27. The van der Waals surface area contributed by atoms with Crippen LogP contribution in [0.25, 0.3) is 0 Å². The van der Waals surface area contributed by atoms with Gasteiger partial charge in [-0.3, -0.25) is 0 Å². The first-order valence-corrected chi connectivity index (χ1v) is 6.05. The van der Waals surface area contributed by atoms with Crippen molar-refractivity contribution in [1.82, 2.24) is 0 Å². The zero-order valence-electron chi connectivity index (χ0n) is 9.71. The van der Waals surface area contributed by atoms with Gasteiger partial charge >= 0.3 is 0 Å². The number of rotatable bonds is 3. The molecule has 0 heterocycles. The van der Waals surface area contributed by atoms with Crippen molar-refractivity contribution in [1.29, 1.82) is 0 Å². The van der Waals surface area contributed by atoms with E-state index in [-0.39, 0.29) is 5.82 Å². The van der Waals surface area contributed by atoms with E-state index in [1.807, 2.05) is 0 Å². The Balaban J connectivity index is 2.30. The molecule has 0 saturated heterocycles. The minimum absolute atomic E-state index is 0.306. The van der Waals surface area contributed by atoms with Crippen LogP contribution in [0.1, 0.15) is 0 Å². The van der Waals surface area contributed by atoms with E-state index in [1.165, 1.54) is 6.07 Å². The Kier molecular flexibility index (Phi) is 3.72. The van der Waals surface area contributed by atoms with Gasteiger partial charge in [0.1, 0.15) is 11.6 Å². The highest BCUT2D eigenvalue weighted by molar-refractivity contribution is 9.10. The Morgan fingerprint density at radius 3 is 2.67 bits per heavy atom. The number of benzene rings is 2. The first-order valence-electron chi connectivity index (χ1n) is 5.26. The zero-order chi connectivity index (χ0) is 13.1. The van der Waals surface area contributed by atoms with Crippen molar-refractivity contribution in [2.24, 2.45) is 0 Å². The van der Waals surface area contributed by atoms with Crippen molar-refractivity contribution >= 4 is 33.0 Å². The molecular formula is C13H12BrFN2O. The number of nitrogen functional groups attached to an aromatic ring is 1. The number of halogens is 2. The predicted octanol–water partition coefficient (Wildman–Crippen LogP) is 3.92. The zero-order valence-corrected chi connectivity index (χ0v) is 11.3. The van der Waals surface area contributed by atoms with Crippen molar-refractivity contribution in [3.63, 3.8) is 0 Å². The van der Waals surface area contributed by atoms with E-state index in [1.54, 1.807) is 37.4 Å². The highest BCUT2D eigenvalue weighted by atomic mass is 79.9. The Bertz CT molecular complexity index is 575. The molecular weight excluding hydrogens is 299 g/mol. The number of hydrogen-bond acceptors (Lipinski definition) is 3. The van der Waals surface area contributed by atoms with Crippen LogP contribution in [0, 0.1) is 5.82 Å². The van der Waals surface area contributed by atoms with Crippen LogP contribution in [0.2, 0.25) is 0 Å². The molecule has 0 saturated carbocycles. The lowest BCUT2D eigenvalue weighted by Crippen LogP contribution is -1.97. The Labute approximate surface area is 113 Å². The molecule has 0 aliphatic heterocycles. The highest BCUT2D eigenvalue weighted by Gasteiger charge is 2.04. The van der Waals surface area contributed by atoms with Crippen LogP contribution in [0.3, 0.4) is 0 Å². The summed E-state index contributed by atoms with van der Waals surface area (Å²) in [4.78, 5) is 0. The molecule has 2 rings (SSSR count). The lowest BCUT2D eigenvalue weighted by molar-refractivity contribution is 0.415. The molecule has 94 valence electrons. The standard InChI is InChI=1S/C13H12BrFN2O/c1-18-9-3-5-12(16)13(7-9)17-8-2-4-11(15)10(14)6-8/h2-7,17H,16H2,1H3. The fourth-order valence-electron chi connectivity index (χ4n) is 1.50. The maximum Gasteiger partial charge on any atom is 0.137 e. The maximum absolute atomic E-state index is 13.1. The molecule has 0 bridgehead atoms. The van der Waals surface area contributed by atoms with Gasteiger partial charge in [-0.05, 0) is 46.3 Å². The molecule has 0 fully saturated rings. The highest BCUT2D eigenvalue weighted by Crippen LogP contribution is 2.29. The summed E-state index contributed by atoms with van der Waals surface area (Å²) in [6, 6.07) is 9.98. The third kappa shape index (κ3) is 2.73. The molecule has 3 N–H and O–H groups in total. The average Bonchev–Trinajstić information content (AvgIpc) is 2.36. The van der Waals surface area contributed by atoms with E-state index in [0.717, 1.165) is 5.69 Å². The summed E-state index contributed by atoms with van der Waals surface area (Å²) in [5.41, 5.74) is 7.90. The Morgan fingerprint density at radius 1 is 1.22 bits per heavy atom. The molecule has 2 aromatic rings. The fourth-order valence-corrected chi connectivity index (χ4v) is 1.88. The van der Waals surface area contributed by atoms with Crippen LogP contribution in [0.15, 0.2) is 40.9 Å². The van der Waals surface area contributed by atoms with E-state index in [9.17, 15) is 4.39 Å². The minimum Gasteiger partial charge on any atom is -0.497 e. The summed E-state index contributed by atoms with van der Waals surface area (Å²) in [5, 5.41) is 3.11. The lowest BCUT2D eigenvalue weighted by Gasteiger charge is -2.11. The fraction of sp³-hybridized carbons (Fsp3) is 0.0769. The molecule has 3 nitrogen and oxygen atoms in total. The monoisotopic (exact) mass is 310 g/mol. The predicted molar refractivity (Wildman–Crippen MR) is 74.8 cm³/mol. The average molecular weight is 311 g/mol. The molecule has 2 aromatic carbocycles. The number of anilines is 3. The second-order valence-corrected chi connectivity index (χ2v) is 4.56. The molecule has 0 unspecified atom stereocenters. The van der Waals surface area contributed by atoms with Gasteiger partial charge in [-0.15, -0.1) is 0 Å². The second-order valence-electron chi connectivity index (χ2n) is 3.71. The quantitative estimate of drug-likeness (QED) is 0.845. The third-order valence-corrected chi connectivity index (χ3v) is 3.07. The molecule has 5 heteroatoms. The number of methoxy groups -OCH3 is 1. The summed E-state index contributed by atoms with van der Waals surface area (Å²) >= 11 is 3.14. The van der Waals surface area contributed by atoms with Gasteiger partial charge in [-0.25, -0.2) is 4.39 Å². The van der Waals surface area contributed by atoms with Crippen LogP contribution >= 0.6 is 15.9 Å². The van der Waals surface area contributed by atoms with E-state index in [0.29, 0.717) is 21.6 Å². The number of nitrogens with two attached hydrogens (primary N) is 1. The van der Waals surface area contributed by atoms with Crippen molar-refractivity contribution < 1.29 is 9.13 Å². The summed E-state index contributed by atoms with van der Waals surface area (Å²) < 4.78 is 18.6. The van der Waals surface area contributed by atoms with Gasteiger partial charge in [0.2, 0.25) is 0 Å². The van der Waals surface area contributed by atoms with E-state index in [4.69, 9.17) is 10.5 Å². The molecule has 0 spiro atoms. The van der Waals surface area contributed by atoms with E-state index >= 15 is 0 Å². The van der Waals surface area contributed by atoms with Gasteiger partial charge in [-0.1, -0.05) is 0 Å². The van der Waals surface area contributed by atoms with Crippen LogP contribution in [0.5, 0.6) is 5.75 Å². The van der Waals surface area contributed by atoms with Crippen molar-refractivity contribution in [2.45, 2.75) is 0 Å². The number of hydrogen-bond donors (Lipinski definition) is 2. The molecule has 0 radical (unpaired) electrons. The Hall–Kier alpha value is -1.75. The van der Waals surface area contributed by atoms with Gasteiger partial charge < -0.3 is 15.8 Å². The topological polar surface area (TPSA) is 47.3 Å². The molecule has 0 atom stereocenters. The minimum atomic E-state index is -0.306. The molecule has 18 heavy (non-hydrogen) atoms. The summed E-state index contributed by atoms with van der Waals surface area (Å²) in [6.07, 6.45) is 0. The number of ether oxygens (including phenoxy) is 1. The van der Waals surface area contributed by atoms with E-state index < -0.39 is 0 Å².